The smallest absolute Gasteiger partial charge is 0.143 e. The summed E-state index contributed by atoms with van der Waals surface area (Å²) in [5, 5.41) is 14.3. The van der Waals surface area contributed by atoms with Crippen LogP contribution in [-0.4, -0.2) is 20.2 Å². The molecule has 0 bridgehead atoms. The molecule has 3 aromatic rings. The van der Waals surface area contributed by atoms with Gasteiger partial charge >= 0.3 is 0 Å². The Morgan fingerprint density at radius 2 is 1.95 bits per heavy atom. The molecule has 0 amide bonds. The maximum absolute atomic E-state index is 13.2. The third-order valence-corrected chi connectivity index (χ3v) is 3.20. The monoisotopic (exact) mass is 283 g/mol. The topological polar surface area (TPSA) is 55.6 Å². The van der Waals surface area contributed by atoms with Crippen LogP contribution in [0.15, 0.2) is 48.8 Å². The first-order chi connectivity index (χ1) is 10.2. The molecule has 6 heteroatoms. The predicted molar refractivity (Wildman–Crippen MR) is 77.6 cm³/mol. The molecule has 0 spiro atoms. The Kier molecular flexibility index (Phi) is 3.59. The molecule has 0 aliphatic rings. The highest BCUT2D eigenvalue weighted by Crippen LogP contribution is 2.14. The summed E-state index contributed by atoms with van der Waals surface area (Å²) in [7, 11) is 0. The van der Waals surface area contributed by atoms with Crippen LogP contribution in [0.3, 0.4) is 0 Å². The van der Waals surface area contributed by atoms with Gasteiger partial charge < -0.3 is 5.32 Å². The number of rotatable bonds is 4. The molecule has 0 saturated carbocycles. The Hall–Kier alpha value is -2.76. The standard InChI is InChI=1S/C15H14FN5/c1-11-8-12(2-7-15(11)16)9-17-13-3-5-14(6-4-13)21-10-18-19-20-21/h2-8,10,17H,9H2,1H3. The summed E-state index contributed by atoms with van der Waals surface area (Å²) in [4.78, 5) is 0. The average Bonchev–Trinajstić information content (AvgIpc) is 3.03. The van der Waals surface area contributed by atoms with E-state index >= 15 is 0 Å². The van der Waals surface area contributed by atoms with Crippen molar-refractivity contribution in [2.45, 2.75) is 13.5 Å². The van der Waals surface area contributed by atoms with Gasteiger partial charge in [-0.25, -0.2) is 9.07 Å². The fourth-order valence-electron chi connectivity index (χ4n) is 2.03. The second-order valence-corrected chi connectivity index (χ2v) is 4.74. The van der Waals surface area contributed by atoms with Crippen molar-refractivity contribution in [3.63, 3.8) is 0 Å². The zero-order valence-electron chi connectivity index (χ0n) is 11.5. The lowest BCUT2D eigenvalue weighted by Crippen LogP contribution is -2.01. The van der Waals surface area contributed by atoms with Gasteiger partial charge in [-0.05, 0) is 58.8 Å². The third kappa shape index (κ3) is 3.05. The third-order valence-electron chi connectivity index (χ3n) is 3.20. The van der Waals surface area contributed by atoms with Gasteiger partial charge in [0.05, 0.1) is 5.69 Å². The second-order valence-electron chi connectivity index (χ2n) is 4.74. The molecule has 0 fully saturated rings. The minimum absolute atomic E-state index is 0.176. The average molecular weight is 283 g/mol. The Balaban J connectivity index is 1.66. The molecule has 0 aliphatic heterocycles. The molecular formula is C15H14FN5. The molecule has 106 valence electrons. The molecule has 21 heavy (non-hydrogen) atoms. The number of benzene rings is 2. The zero-order valence-corrected chi connectivity index (χ0v) is 11.5. The number of tetrazole rings is 1. The van der Waals surface area contributed by atoms with Crippen LogP contribution in [0, 0.1) is 12.7 Å². The number of halogens is 1. The summed E-state index contributed by atoms with van der Waals surface area (Å²) in [6.07, 6.45) is 1.55. The van der Waals surface area contributed by atoms with Gasteiger partial charge in [-0.15, -0.1) is 5.10 Å². The van der Waals surface area contributed by atoms with Gasteiger partial charge in [-0.3, -0.25) is 0 Å². The Morgan fingerprint density at radius 3 is 2.62 bits per heavy atom. The van der Waals surface area contributed by atoms with Crippen LogP contribution in [-0.2, 0) is 6.54 Å². The normalized spacial score (nSPS) is 10.6. The fourth-order valence-corrected chi connectivity index (χ4v) is 2.03. The van der Waals surface area contributed by atoms with E-state index in [9.17, 15) is 4.39 Å². The maximum Gasteiger partial charge on any atom is 0.143 e. The molecule has 5 nitrogen and oxygen atoms in total. The van der Waals surface area contributed by atoms with Crippen molar-refractivity contribution in [1.82, 2.24) is 20.2 Å². The van der Waals surface area contributed by atoms with Crippen LogP contribution in [0.25, 0.3) is 5.69 Å². The number of hydrogen-bond acceptors (Lipinski definition) is 4. The first-order valence-electron chi connectivity index (χ1n) is 6.55. The van der Waals surface area contributed by atoms with Crippen molar-refractivity contribution < 1.29 is 4.39 Å². The lowest BCUT2D eigenvalue weighted by molar-refractivity contribution is 0.617. The largest absolute Gasteiger partial charge is 0.381 e. The summed E-state index contributed by atoms with van der Waals surface area (Å²) >= 11 is 0. The highest BCUT2D eigenvalue weighted by atomic mass is 19.1. The van der Waals surface area contributed by atoms with E-state index in [1.165, 1.54) is 6.07 Å². The fraction of sp³-hybridized carbons (Fsp3) is 0.133. The molecule has 1 N–H and O–H groups in total. The van der Waals surface area contributed by atoms with Gasteiger partial charge in [0.1, 0.15) is 12.1 Å². The minimum Gasteiger partial charge on any atom is -0.381 e. The van der Waals surface area contributed by atoms with Crippen LogP contribution < -0.4 is 5.32 Å². The highest BCUT2D eigenvalue weighted by molar-refractivity contribution is 5.48. The van der Waals surface area contributed by atoms with Gasteiger partial charge in [-0.2, -0.15) is 0 Å². The quantitative estimate of drug-likeness (QED) is 0.800. The van der Waals surface area contributed by atoms with Crippen molar-refractivity contribution in [3.8, 4) is 5.69 Å². The van der Waals surface area contributed by atoms with Crippen LogP contribution >= 0.6 is 0 Å². The SMILES string of the molecule is Cc1cc(CNc2ccc(-n3cnnn3)cc2)ccc1F. The molecular weight excluding hydrogens is 269 g/mol. The lowest BCUT2D eigenvalue weighted by atomic mass is 10.1. The van der Waals surface area contributed by atoms with E-state index < -0.39 is 0 Å². The Morgan fingerprint density at radius 1 is 1.14 bits per heavy atom. The van der Waals surface area contributed by atoms with E-state index in [0.717, 1.165) is 16.9 Å². The summed E-state index contributed by atoms with van der Waals surface area (Å²) < 4.78 is 14.8. The van der Waals surface area contributed by atoms with Gasteiger partial charge in [-0.1, -0.05) is 12.1 Å². The predicted octanol–water partition coefficient (Wildman–Crippen LogP) is 2.72. The molecule has 0 unspecified atom stereocenters. The number of anilines is 1. The van der Waals surface area contributed by atoms with Gasteiger partial charge in [0.25, 0.3) is 0 Å². The van der Waals surface area contributed by atoms with Crippen molar-refractivity contribution in [2.75, 3.05) is 5.32 Å². The summed E-state index contributed by atoms with van der Waals surface area (Å²) in [5.41, 5.74) is 3.57. The number of hydrogen-bond donors (Lipinski definition) is 1. The van der Waals surface area contributed by atoms with Crippen LogP contribution in [0.4, 0.5) is 10.1 Å². The van der Waals surface area contributed by atoms with Crippen molar-refractivity contribution in [2.24, 2.45) is 0 Å². The Bertz CT molecular complexity index is 722. The summed E-state index contributed by atoms with van der Waals surface area (Å²) in [6.45, 7) is 2.41. The van der Waals surface area contributed by atoms with Crippen molar-refractivity contribution in [1.29, 1.82) is 0 Å². The number of aryl methyl sites for hydroxylation is 1. The molecule has 0 saturated heterocycles. The van der Waals surface area contributed by atoms with Crippen molar-refractivity contribution in [3.05, 3.63) is 65.7 Å². The van der Waals surface area contributed by atoms with Gasteiger partial charge in [0.2, 0.25) is 0 Å². The Labute approximate surface area is 121 Å². The van der Waals surface area contributed by atoms with Gasteiger partial charge in [0.15, 0.2) is 0 Å². The highest BCUT2D eigenvalue weighted by Gasteiger charge is 2.01. The molecule has 3 rings (SSSR count). The van der Waals surface area contributed by atoms with E-state index in [-0.39, 0.29) is 5.82 Å². The molecule has 0 atom stereocenters. The van der Waals surface area contributed by atoms with E-state index in [4.69, 9.17) is 0 Å². The molecule has 0 aliphatic carbocycles. The summed E-state index contributed by atoms with van der Waals surface area (Å²) in [6, 6.07) is 12.9. The van der Waals surface area contributed by atoms with Crippen LogP contribution in [0.1, 0.15) is 11.1 Å². The van der Waals surface area contributed by atoms with E-state index in [1.54, 1.807) is 24.0 Å². The molecule has 1 heterocycles. The van der Waals surface area contributed by atoms with Gasteiger partial charge in [0, 0.05) is 12.2 Å². The number of nitrogens with one attached hydrogen (secondary N) is 1. The number of aromatic nitrogens is 4. The molecule has 0 radical (unpaired) electrons. The first-order valence-corrected chi connectivity index (χ1v) is 6.55. The summed E-state index contributed by atoms with van der Waals surface area (Å²) in [5.74, 6) is -0.176. The lowest BCUT2D eigenvalue weighted by Gasteiger charge is -2.08. The van der Waals surface area contributed by atoms with E-state index in [1.807, 2.05) is 30.3 Å². The van der Waals surface area contributed by atoms with Crippen molar-refractivity contribution >= 4 is 5.69 Å². The van der Waals surface area contributed by atoms with E-state index in [2.05, 4.69) is 20.8 Å². The van der Waals surface area contributed by atoms with Crippen LogP contribution in [0.2, 0.25) is 0 Å². The maximum atomic E-state index is 13.2. The number of nitrogens with zero attached hydrogens (tertiary/aromatic N) is 4. The molecule has 2 aromatic carbocycles. The van der Waals surface area contributed by atoms with E-state index in [0.29, 0.717) is 12.1 Å². The second kappa shape index (κ2) is 5.70. The van der Waals surface area contributed by atoms with Crippen LogP contribution in [0.5, 0.6) is 0 Å². The first kappa shape index (κ1) is 13.2. The zero-order chi connectivity index (χ0) is 14.7. The minimum atomic E-state index is -0.176. The molecule has 1 aromatic heterocycles.